The van der Waals surface area contributed by atoms with Crippen LogP contribution in [0.5, 0.6) is 11.5 Å². The first-order valence-electron chi connectivity index (χ1n) is 9.27. The van der Waals surface area contributed by atoms with Gasteiger partial charge in [0.15, 0.2) is 0 Å². The van der Waals surface area contributed by atoms with Crippen LogP contribution in [0.1, 0.15) is 22.5 Å². The van der Waals surface area contributed by atoms with Gasteiger partial charge in [0.05, 0.1) is 17.1 Å². The van der Waals surface area contributed by atoms with E-state index in [1.165, 1.54) is 0 Å². The maximum Gasteiger partial charge on any atom is 0.115 e. The van der Waals surface area contributed by atoms with Crippen LogP contribution in [0, 0.1) is 0 Å². The minimum absolute atomic E-state index is 0.247. The van der Waals surface area contributed by atoms with E-state index in [1.807, 2.05) is 89.6 Å². The molecule has 0 amide bonds. The van der Waals surface area contributed by atoms with E-state index < -0.39 is 0 Å². The predicted molar refractivity (Wildman–Crippen MR) is 118 cm³/mol. The number of nitrogens with zero attached hydrogens (tertiary/aromatic N) is 2. The van der Waals surface area contributed by atoms with Crippen LogP contribution in [-0.4, -0.2) is 20.0 Å². The zero-order valence-corrected chi connectivity index (χ0v) is 15.7. The number of hydrogen-bond donors (Lipinski definition) is 2. The summed E-state index contributed by atoms with van der Waals surface area (Å²) < 4.78 is 1.90. The number of hydrogen-bond acceptors (Lipinski definition) is 3. The van der Waals surface area contributed by atoms with Crippen molar-refractivity contribution in [2.45, 2.75) is 0 Å². The Bertz CT molecular complexity index is 1140. The van der Waals surface area contributed by atoms with E-state index in [0.29, 0.717) is 0 Å². The molecule has 0 aliphatic carbocycles. The van der Waals surface area contributed by atoms with E-state index in [-0.39, 0.29) is 11.5 Å². The Balaban J connectivity index is 1.67. The average Bonchev–Trinajstić information content (AvgIpc) is 3.17. The summed E-state index contributed by atoms with van der Waals surface area (Å²) in [5.41, 5.74) is 4.71. The lowest BCUT2D eigenvalue weighted by molar-refractivity contribution is 0.474. The number of aromatic nitrogens is 2. The van der Waals surface area contributed by atoms with E-state index in [4.69, 9.17) is 5.10 Å². The summed E-state index contributed by atoms with van der Waals surface area (Å²) in [5.74, 6) is 0.496. The van der Waals surface area contributed by atoms with Crippen molar-refractivity contribution in [3.8, 4) is 17.2 Å². The second-order valence-electron chi connectivity index (χ2n) is 6.59. The zero-order chi connectivity index (χ0) is 20.1. The van der Waals surface area contributed by atoms with Crippen molar-refractivity contribution in [2.75, 3.05) is 0 Å². The lowest BCUT2D eigenvalue weighted by Crippen LogP contribution is -1.98. The molecule has 3 aromatic carbocycles. The van der Waals surface area contributed by atoms with Gasteiger partial charge < -0.3 is 10.2 Å². The number of phenols is 2. The fraction of sp³-hybridized carbons (Fsp3) is 0. The molecule has 0 saturated carbocycles. The van der Waals surface area contributed by atoms with Gasteiger partial charge in [-0.15, -0.1) is 0 Å². The topological polar surface area (TPSA) is 58.3 Å². The van der Waals surface area contributed by atoms with Crippen molar-refractivity contribution in [3.05, 3.63) is 107 Å². The highest BCUT2D eigenvalue weighted by atomic mass is 16.3. The van der Waals surface area contributed by atoms with Gasteiger partial charge in [-0.2, -0.15) is 5.10 Å². The van der Waals surface area contributed by atoms with Gasteiger partial charge in [-0.05, 0) is 65.7 Å². The molecule has 0 unspecified atom stereocenters. The first kappa shape index (κ1) is 18.3. The molecule has 1 heterocycles. The Labute approximate surface area is 169 Å². The molecule has 0 spiro atoms. The normalized spacial score (nSPS) is 11.4. The molecule has 4 nitrogen and oxygen atoms in total. The van der Waals surface area contributed by atoms with E-state index in [0.717, 1.165) is 28.2 Å². The summed E-state index contributed by atoms with van der Waals surface area (Å²) in [7, 11) is 0. The standard InChI is InChI=1S/C25H20N2O2/c28-24-14-8-19(9-15-24)6-12-21-18-23(13-7-20-10-16-25(29)17-11-20)27(26-21)22-4-2-1-3-5-22/h1-18,28-29H. The Morgan fingerprint density at radius 3 is 1.76 bits per heavy atom. The highest BCUT2D eigenvalue weighted by Crippen LogP contribution is 2.19. The monoisotopic (exact) mass is 380 g/mol. The first-order chi connectivity index (χ1) is 14.2. The number of para-hydroxylation sites is 1. The molecule has 4 aromatic rings. The van der Waals surface area contributed by atoms with Gasteiger partial charge in [-0.25, -0.2) is 4.68 Å². The summed E-state index contributed by atoms with van der Waals surface area (Å²) in [4.78, 5) is 0. The van der Waals surface area contributed by atoms with Crippen molar-refractivity contribution in [1.82, 2.24) is 9.78 Å². The molecule has 0 bridgehead atoms. The average molecular weight is 380 g/mol. The summed E-state index contributed by atoms with van der Waals surface area (Å²) in [6, 6.07) is 26.1. The van der Waals surface area contributed by atoms with Gasteiger partial charge in [0, 0.05) is 0 Å². The smallest absolute Gasteiger partial charge is 0.115 e. The van der Waals surface area contributed by atoms with Gasteiger partial charge in [0.1, 0.15) is 11.5 Å². The third kappa shape index (κ3) is 4.62. The Hall–Kier alpha value is -4.05. The number of benzene rings is 3. The van der Waals surface area contributed by atoms with Crippen LogP contribution in [0.3, 0.4) is 0 Å². The van der Waals surface area contributed by atoms with Crippen LogP contribution in [0.4, 0.5) is 0 Å². The highest BCUT2D eigenvalue weighted by Gasteiger charge is 2.06. The molecule has 4 heteroatoms. The summed E-state index contributed by atoms with van der Waals surface area (Å²) in [5, 5.41) is 23.6. The minimum Gasteiger partial charge on any atom is -0.508 e. The maximum absolute atomic E-state index is 9.45. The Morgan fingerprint density at radius 2 is 1.17 bits per heavy atom. The van der Waals surface area contributed by atoms with Crippen molar-refractivity contribution >= 4 is 24.3 Å². The molecule has 0 aliphatic rings. The minimum atomic E-state index is 0.247. The molecule has 0 fully saturated rings. The van der Waals surface area contributed by atoms with Gasteiger partial charge in [-0.3, -0.25) is 0 Å². The largest absolute Gasteiger partial charge is 0.508 e. The Morgan fingerprint density at radius 1 is 0.621 bits per heavy atom. The van der Waals surface area contributed by atoms with Crippen molar-refractivity contribution in [2.24, 2.45) is 0 Å². The molecule has 0 aliphatic heterocycles. The fourth-order valence-electron chi connectivity index (χ4n) is 2.92. The highest BCUT2D eigenvalue weighted by molar-refractivity contribution is 5.73. The van der Waals surface area contributed by atoms with E-state index in [1.54, 1.807) is 24.3 Å². The fourth-order valence-corrected chi connectivity index (χ4v) is 2.92. The number of aromatic hydroxyl groups is 2. The summed E-state index contributed by atoms with van der Waals surface area (Å²) in [6.07, 6.45) is 7.90. The molecule has 4 rings (SSSR count). The van der Waals surface area contributed by atoms with Crippen molar-refractivity contribution < 1.29 is 10.2 Å². The second kappa shape index (κ2) is 8.31. The van der Waals surface area contributed by atoms with E-state index in [2.05, 4.69) is 0 Å². The maximum atomic E-state index is 9.45. The summed E-state index contributed by atoms with van der Waals surface area (Å²) >= 11 is 0. The number of rotatable bonds is 5. The molecule has 0 saturated heterocycles. The quantitative estimate of drug-likeness (QED) is 0.472. The molecule has 0 radical (unpaired) electrons. The molecular weight excluding hydrogens is 360 g/mol. The van der Waals surface area contributed by atoms with Gasteiger partial charge in [0.25, 0.3) is 0 Å². The zero-order valence-electron chi connectivity index (χ0n) is 15.7. The van der Waals surface area contributed by atoms with Crippen LogP contribution in [0.15, 0.2) is 84.9 Å². The number of phenolic OH excluding ortho intramolecular Hbond substituents is 2. The van der Waals surface area contributed by atoms with E-state index in [9.17, 15) is 10.2 Å². The molecule has 2 N–H and O–H groups in total. The molecule has 0 atom stereocenters. The molecule has 1 aromatic heterocycles. The lowest BCUT2D eigenvalue weighted by atomic mass is 10.1. The van der Waals surface area contributed by atoms with Gasteiger partial charge in [-0.1, -0.05) is 54.6 Å². The van der Waals surface area contributed by atoms with Crippen LogP contribution < -0.4 is 0 Å². The SMILES string of the molecule is Oc1ccc(C=Cc2cc(C=Cc3ccc(O)cc3)n(-c3ccccc3)n2)cc1. The predicted octanol–water partition coefficient (Wildman–Crippen LogP) is 5.62. The lowest BCUT2D eigenvalue weighted by Gasteiger charge is -2.04. The van der Waals surface area contributed by atoms with Gasteiger partial charge >= 0.3 is 0 Å². The van der Waals surface area contributed by atoms with Crippen LogP contribution in [-0.2, 0) is 0 Å². The second-order valence-corrected chi connectivity index (χ2v) is 6.59. The van der Waals surface area contributed by atoms with Crippen molar-refractivity contribution in [1.29, 1.82) is 0 Å². The van der Waals surface area contributed by atoms with Crippen LogP contribution in [0.2, 0.25) is 0 Å². The third-order valence-electron chi connectivity index (χ3n) is 4.44. The molecule has 142 valence electrons. The molecule has 29 heavy (non-hydrogen) atoms. The Kier molecular flexibility index (Phi) is 5.25. The van der Waals surface area contributed by atoms with E-state index >= 15 is 0 Å². The molecular formula is C25H20N2O2. The van der Waals surface area contributed by atoms with Crippen LogP contribution >= 0.6 is 0 Å². The van der Waals surface area contributed by atoms with Crippen LogP contribution in [0.25, 0.3) is 30.0 Å². The van der Waals surface area contributed by atoms with Gasteiger partial charge in [0.2, 0.25) is 0 Å². The van der Waals surface area contributed by atoms with Crippen molar-refractivity contribution in [3.63, 3.8) is 0 Å². The third-order valence-corrected chi connectivity index (χ3v) is 4.44. The first-order valence-corrected chi connectivity index (χ1v) is 9.27. The summed E-state index contributed by atoms with van der Waals surface area (Å²) in [6.45, 7) is 0.